The molecule has 1 aliphatic carbocycles. The second kappa shape index (κ2) is 6.71. The van der Waals surface area contributed by atoms with Crippen LogP contribution < -0.4 is 5.32 Å². The molecule has 1 N–H and O–H groups in total. The molecule has 7 heteroatoms. The number of hydrogen-bond acceptors (Lipinski definition) is 2. The van der Waals surface area contributed by atoms with Gasteiger partial charge in [0.1, 0.15) is 6.54 Å². The average Bonchev–Trinajstić information content (AvgIpc) is 2.60. The summed E-state index contributed by atoms with van der Waals surface area (Å²) in [6.45, 7) is 4.28. The zero-order valence-electron chi connectivity index (χ0n) is 13.0. The number of carbonyl (C=O) groups excluding carboxylic acids is 1. The van der Waals surface area contributed by atoms with Gasteiger partial charge in [-0.3, -0.25) is 9.48 Å². The van der Waals surface area contributed by atoms with Gasteiger partial charge in [0, 0.05) is 17.8 Å². The molecule has 0 radical (unpaired) electrons. The first kappa shape index (κ1) is 16.8. The first-order valence-corrected chi connectivity index (χ1v) is 7.71. The smallest absolute Gasteiger partial charge is 0.354 e. The second-order valence-electron chi connectivity index (χ2n) is 6.19. The van der Waals surface area contributed by atoms with Crippen molar-refractivity contribution in [3.05, 3.63) is 17.0 Å². The van der Waals surface area contributed by atoms with E-state index in [0.717, 1.165) is 19.3 Å². The topological polar surface area (TPSA) is 46.9 Å². The van der Waals surface area contributed by atoms with Crippen LogP contribution in [0.5, 0.6) is 0 Å². The summed E-state index contributed by atoms with van der Waals surface area (Å²) in [7, 11) is 0. The molecule has 4 nitrogen and oxygen atoms in total. The average molecular weight is 317 g/mol. The number of rotatable bonds is 4. The summed E-state index contributed by atoms with van der Waals surface area (Å²) in [4.78, 5) is 11.9. The van der Waals surface area contributed by atoms with E-state index in [-0.39, 0.29) is 18.0 Å². The fraction of sp³-hybridized carbons (Fsp3) is 0.733. The summed E-state index contributed by atoms with van der Waals surface area (Å²) in [6, 6.07) is 0. The monoisotopic (exact) mass is 317 g/mol. The van der Waals surface area contributed by atoms with Gasteiger partial charge in [0.15, 0.2) is 5.69 Å². The normalized spacial score (nSPS) is 15.5. The number of aromatic nitrogens is 2. The number of fused-ring (bicyclic) bond motifs is 1. The molecular weight excluding hydrogens is 295 g/mol. The Kier molecular flexibility index (Phi) is 5.13. The lowest BCUT2D eigenvalue weighted by Gasteiger charge is -2.10. The lowest BCUT2D eigenvalue weighted by molar-refractivity contribution is -0.142. The van der Waals surface area contributed by atoms with Crippen molar-refractivity contribution in [2.45, 2.75) is 58.7 Å². The van der Waals surface area contributed by atoms with E-state index < -0.39 is 11.9 Å². The molecule has 0 atom stereocenters. The summed E-state index contributed by atoms with van der Waals surface area (Å²) in [6.07, 6.45) is -1.04. The summed E-state index contributed by atoms with van der Waals surface area (Å²) < 4.78 is 40.7. The van der Waals surface area contributed by atoms with E-state index in [4.69, 9.17) is 0 Å². The van der Waals surface area contributed by atoms with E-state index in [1.165, 1.54) is 4.68 Å². The first-order chi connectivity index (χ1) is 10.3. The molecule has 0 spiro atoms. The fourth-order valence-corrected chi connectivity index (χ4v) is 2.72. The Balaban J connectivity index is 2.24. The SMILES string of the molecule is CC(C)CNC(=O)Cn1nc(C(F)(F)F)c2c1CCCCC2. The molecule has 1 aromatic heterocycles. The van der Waals surface area contributed by atoms with Crippen LogP contribution in [-0.2, 0) is 30.4 Å². The van der Waals surface area contributed by atoms with Gasteiger partial charge in [-0.1, -0.05) is 20.3 Å². The highest BCUT2D eigenvalue weighted by molar-refractivity contribution is 5.75. The zero-order chi connectivity index (χ0) is 16.3. The van der Waals surface area contributed by atoms with E-state index in [2.05, 4.69) is 10.4 Å². The van der Waals surface area contributed by atoms with Gasteiger partial charge in [0.25, 0.3) is 0 Å². The minimum absolute atomic E-state index is 0.148. The second-order valence-corrected chi connectivity index (χ2v) is 6.19. The number of nitrogens with one attached hydrogen (secondary N) is 1. The van der Waals surface area contributed by atoms with Crippen molar-refractivity contribution >= 4 is 5.91 Å². The molecule has 0 unspecified atom stereocenters. The maximum absolute atomic E-state index is 13.1. The quantitative estimate of drug-likeness (QED) is 0.868. The molecule has 0 aromatic carbocycles. The predicted molar refractivity (Wildman–Crippen MR) is 76.3 cm³/mol. The Bertz CT molecular complexity index is 535. The van der Waals surface area contributed by atoms with Crippen LogP contribution in [0.15, 0.2) is 0 Å². The highest BCUT2D eigenvalue weighted by Crippen LogP contribution is 2.35. The minimum atomic E-state index is -4.46. The molecule has 22 heavy (non-hydrogen) atoms. The molecule has 1 heterocycles. The van der Waals surface area contributed by atoms with Crippen LogP contribution in [0.2, 0.25) is 0 Å². The lowest BCUT2D eigenvalue weighted by atomic mass is 10.1. The Morgan fingerprint density at radius 1 is 1.27 bits per heavy atom. The third-order valence-electron chi connectivity index (χ3n) is 3.78. The van der Waals surface area contributed by atoms with Gasteiger partial charge in [0.05, 0.1) is 0 Å². The van der Waals surface area contributed by atoms with E-state index in [9.17, 15) is 18.0 Å². The molecule has 0 bridgehead atoms. The number of halogens is 3. The molecule has 1 aliphatic rings. The Labute approximate surface area is 128 Å². The van der Waals surface area contributed by atoms with Crippen molar-refractivity contribution in [2.24, 2.45) is 5.92 Å². The Morgan fingerprint density at radius 2 is 1.95 bits per heavy atom. The van der Waals surface area contributed by atoms with Crippen LogP contribution in [0.3, 0.4) is 0 Å². The Hall–Kier alpha value is -1.53. The standard InChI is InChI=1S/C15H22F3N3O/c1-10(2)8-19-13(22)9-21-12-7-5-3-4-6-11(12)14(20-21)15(16,17)18/h10H,3-9H2,1-2H3,(H,19,22). The van der Waals surface area contributed by atoms with Crippen molar-refractivity contribution < 1.29 is 18.0 Å². The van der Waals surface area contributed by atoms with Crippen molar-refractivity contribution in [3.63, 3.8) is 0 Å². The maximum Gasteiger partial charge on any atom is 0.435 e. The number of alkyl halides is 3. The van der Waals surface area contributed by atoms with Gasteiger partial charge in [-0.05, 0) is 31.6 Å². The summed E-state index contributed by atoms with van der Waals surface area (Å²) in [5.41, 5.74) is 0.0345. The van der Waals surface area contributed by atoms with E-state index in [0.29, 0.717) is 31.0 Å². The van der Waals surface area contributed by atoms with Crippen molar-refractivity contribution in [3.8, 4) is 0 Å². The number of nitrogens with zero attached hydrogens (tertiary/aromatic N) is 2. The van der Waals surface area contributed by atoms with Gasteiger partial charge < -0.3 is 5.32 Å². The number of carbonyl (C=O) groups is 1. The van der Waals surface area contributed by atoms with Crippen LogP contribution in [0.1, 0.15) is 50.1 Å². The predicted octanol–water partition coefficient (Wildman–Crippen LogP) is 2.94. The third-order valence-corrected chi connectivity index (χ3v) is 3.78. The van der Waals surface area contributed by atoms with E-state index in [1.807, 2.05) is 13.8 Å². The van der Waals surface area contributed by atoms with Crippen LogP contribution >= 0.6 is 0 Å². The summed E-state index contributed by atoms with van der Waals surface area (Å²) >= 11 is 0. The zero-order valence-corrected chi connectivity index (χ0v) is 13.0. The van der Waals surface area contributed by atoms with Crippen molar-refractivity contribution in [2.75, 3.05) is 6.54 Å². The number of hydrogen-bond donors (Lipinski definition) is 1. The van der Waals surface area contributed by atoms with E-state index in [1.54, 1.807) is 0 Å². The maximum atomic E-state index is 13.1. The van der Waals surface area contributed by atoms with Crippen LogP contribution in [0, 0.1) is 5.92 Å². The molecule has 1 aromatic rings. The van der Waals surface area contributed by atoms with Gasteiger partial charge in [0.2, 0.25) is 5.91 Å². The summed E-state index contributed by atoms with van der Waals surface area (Å²) in [5.74, 6) is 0.00129. The largest absolute Gasteiger partial charge is 0.435 e. The molecule has 0 aliphatic heterocycles. The first-order valence-electron chi connectivity index (χ1n) is 7.71. The van der Waals surface area contributed by atoms with Crippen molar-refractivity contribution in [1.82, 2.24) is 15.1 Å². The molecule has 1 amide bonds. The van der Waals surface area contributed by atoms with E-state index >= 15 is 0 Å². The van der Waals surface area contributed by atoms with Gasteiger partial charge >= 0.3 is 6.18 Å². The Morgan fingerprint density at radius 3 is 2.59 bits per heavy atom. The van der Waals surface area contributed by atoms with Gasteiger partial charge in [-0.25, -0.2) is 0 Å². The molecule has 124 valence electrons. The molecule has 0 saturated carbocycles. The van der Waals surface area contributed by atoms with Gasteiger partial charge in [-0.2, -0.15) is 18.3 Å². The number of amides is 1. The van der Waals surface area contributed by atoms with Crippen LogP contribution in [0.25, 0.3) is 0 Å². The fourth-order valence-electron chi connectivity index (χ4n) is 2.72. The molecule has 2 rings (SSSR count). The lowest BCUT2D eigenvalue weighted by Crippen LogP contribution is -2.31. The van der Waals surface area contributed by atoms with Crippen LogP contribution in [-0.4, -0.2) is 22.2 Å². The minimum Gasteiger partial charge on any atom is -0.354 e. The third kappa shape index (κ3) is 4.01. The highest BCUT2D eigenvalue weighted by Gasteiger charge is 2.39. The van der Waals surface area contributed by atoms with Crippen molar-refractivity contribution in [1.29, 1.82) is 0 Å². The molecule has 0 saturated heterocycles. The molecular formula is C15H22F3N3O. The summed E-state index contributed by atoms with van der Waals surface area (Å²) in [5, 5.41) is 6.42. The highest BCUT2D eigenvalue weighted by atomic mass is 19.4. The van der Waals surface area contributed by atoms with Gasteiger partial charge in [-0.15, -0.1) is 0 Å². The van der Waals surface area contributed by atoms with Crippen LogP contribution in [0.4, 0.5) is 13.2 Å². The molecule has 0 fully saturated rings.